The number of urea groups is 1. The molecule has 3 rings (SSSR count). The number of alkyl halides is 3. The summed E-state index contributed by atoms with van der Waals surface area (Å²) in [5.41, 5.74) is 0.341. The van der Waals surface area contributed by atoms with Crippen LogP contribution in [0, 0.1) is 0 Å². The largest absolute Gasteiger partial charge is 0.416 e. The van der Waals surface area contributed by atoms with Gasteiger partial charge in [0, 0.05) is 35.2 Å². The van der Waals surface area contributed by atoms with E-state index in [0.29, 0.717) is 22.8 Å². The highest BCUT2D eigenvalue weighted by atomic mass is 79.9. The van der Waals surface area contributed by atoms with E-state index in [-0.39, 0.29) is 30.0 Å². The van der Waals surface area contributed by atoms with Crippen LogP contribution in [0.3, 0.4) is 0 Å². The van der Waals surface area contributed by atoms with Crippen LogP contribution in [0.4, 0.5) is 28.8 Å². The van der Waals surface area contributed by atoms with Crippen LogP contribution in [0.1, 0.15) is 25.3 Å². The molecule has 34 heavy (non-hydrogen) atoms. The third-order valence-corrected chi connectivity index (χ3v) is 5.98. The number of halogens is 4. The van der Waals surface area contributed by atoms with Crippen LogP contribution in [0.5, 0.6) is 0 Å². The minimum Gasteiger partial charge on any atom is -0.324 e. The molecule has 0 bridgehead atoms. The lowest BCUT2D eigenvalue weighted by molar-refractivity contribution is -0.137. The summed E-state index contributed by atoms with van der Waals surface area (Å²) in [4.78, 5) is 26.5. The van der Waals surface area contributed by atoms with Crippen molar-refractivity contribution in [3.05, 3.63) is 58.6 Å². The van der Waals surface area contributed by atoms with Crippen LogP contribution in [-0.4, -0.2) is 40.1 Å². The number of hydrogen-bond acceptors (Lipinski definition) is 5. The SMILES string of the molecule is CCCN(CCC(=O)Nc1nnc(-c2ccc(C(F)(F)F)cc2)s1)C(=O)Nc1cccc(Br)c1. The number of hydrogen-bond donors (Lipinski definition) is 2. The van der Waals surface area contributed by atoms with Gasteiger partial charge in [-0.05, 0) is 36.8 Å². The molecule has 3 aromatic rings. The van der Waals surface area contributed by atoms with E-state index in [1.54, 1.807) is 23.1 Å². The molecule has 2 aromatic carbocycles. The molecule has 12 heteroatoms. The molecule has 0 saturated carbocycles. The first-order valence-corrected chi connectivity index (χ1v) is 11.9. The van der Waals surface area contributed by atoms with E-state index in [2.05, 4.69) is 36.8 Å². The number of carbonyl (C=O) groups excluding carboxylic acids is 2. The zero-order chi connectivity index (χ0) is 24.7. The molecule has 0 atom stereocenters. The summed E-state index contributed by atoms with van der Waals surface area (Å²) in [5, 5.41) is 13.9. The van der Waals surface area contributed by atoms with E-state index in [4.69, 9.17) is 0 Å². The van der Waals surface area contributed by atoms with Crippen LogP contribution >= 0.6 is 27.3 Å². The Morgan fingerprint density at radius 2 is 1.79 bits per heavy atom. The van der Waals surface area contributed by atoms with Crippen molar-refractivity contribution < 1.29 is 22.8 Å². The maximum atomic E-state index is 12.7. The molecular formula is C22H21BrF3N5O2S. The molecule has 0 spiro atoms. The topological polar surface area (TPSA) is 87.2 Å². The number of aromatic nitrogens is 2. The summed E-state index contributed by atoms with van der Waals surface area (Å²) in [7, 11) is 0. The lowest BCUT2D eigenvalue weighted by Crippen LogP contribution is -2.37. The molecule has 1 heterocycles. The summed E-state index contributed by atoms with van der Waals surface area (Å²) in [6.45, 7) is 2.61. The van der Waals surface area contributed by atoms with Gasteiger partial charge in [0.1, 0.15) is 5.01 Å². The number of benzene rings is 2. The zero-order valence-corrected chi connectivity index (χ0v) is 20.4. The second-order valence-electron chi connectivity index (χ2n) is 7.21. The highest BCUT2D eigenvalue weighted by Gasteiger charge is 2.30. The monoisotopic (exact) mass is 555 g/mol. The quantitative estimate of drug-likeness (QED) is 0.343. The number of nitrogens with zero attached hydrogens (tertiary/aromatic N) is 3. The highest BCUT2D eigenvalue weighted by molar-refractivity contribution is 9.10. The minimum absolute atomic E-state index is 0.0428. The average Bonchev–Trinajstić information content (AvgIpc) is 3.24. The van der Waals surface area contributed by atoms with E-state index in [0.717, 1.165) is 34.4 Å². The molecular weight excluding hydrogens is 535 g/mol. The lowest BCUT2D eigenvalue weighted by Gasteiger charge is -2.22. The second-order valence-corrected chi connectivity index (χ2v) is 9.11. The smallest absolute Gasteiger partial charge is 0.324 e. The predicted octanol–water partition coefficient (Wildman–Crippen LogP) is 6.26. The van der Waals surface area contributed by atoms with E-state index in [1.165, 1.54) is 12.1 Å². The van der Waals surface area contributed by atoms with Crippen molar-refractivity contribution in [3.63, 3.8) is 0 Å². The first-order valence-electron chi connectivity index (χ1n) is 10.3. The van der Waals surface area contributed by atoms with E-state index >= 15 is 0 Å². The Labute approximate surface area is 206 Å². The zero-order valence-electron chi connectivity index (χ0n) is 18.0. The summed E-state index contributed by atoms with van der Waals surface area (Å²) >= 11 is 4.40. The third-order valence-electron chi connectivity index (χ3n) is 4.60. The fourth-order valence-electron chi connectivity index (χ4n) is 2.96. The van der Waals surface area contributed by atoms with Crippen molar-refractivity contribution in [3.8, 4) is 10.6 Å². The Hall–Kier alpha value is -2.99. The number of nitrogens with one attached hydrogen (secondary N) is 2. The molecule has 0 aliphatic carbocycles. The summed E-state index contributed by atoms with van der Waals surface area (Å²) in [5.74, 6) is -0.355. The predicted molar refractivity (Wildman–Crippen MR) is 129 cm³/mol. The average molecular weight is 556 g/mol. The lowest BCUT2D eigenvalue weighted by atomic mass is 10.1. The van der Waals surface area contributed by atoms with Gasteiger partial charge in [-0.2, -0.15) is 13.2 Å². The van der Waals surface area contributed by atoms with E-state index in [9.17, 15) is 22.8 Å². The highest BCUT2D eigenvalue weighted by Crippen LogP contribution is 2.32. The summed E-state index contributed by atoms with van der Waals surface area (Å²) < 4.78 is 39.0. The van der Waals surface area contributed by atoms with Gasteiger partial charge in [0.15, 0.2) is 0 Å². The Kier molecular flexibility index (Phi) is 8.61. The Bertz CT molecular complexity index is 1140. The van der Waals surface area contributed by atoms with Gasteiger partial charge in [0.2, 0.25) is 11.0 Å². The normalized spacial score (nSPS) is 11.2. The number of amides is 3. The molecule has 0 aliphatic heterocycles. The van der Waals surface area contributed by atoms with Crippen LogP contribution in [-0.2, 0) is 11.0 Å². The summed E-state index contributed by atoms with van der Waals surface area (Å²) in [6, 6.07) is 11.4. The third kappa shape index (κ3) is 7.26. The molecule has 0 unspecified atom stereocenters. The van der Waals surface area contributed by atoms with Gasteiger partial charge in [-0.15, -0.1) is 10.2 Å². The number of carbonyl (C=O) groups is 2. The molecule has 0 fully saturated rings. The van der Waals surface area contributed by atoms with Crippen LogP contribution < -0.4 is 10.6 Å². The van der Waals surface area contributed by atoms with Gasteiger partial charge in [0.05, 0.1) is 5.56 Å². The minimum atomic E-state index is -4.42. The second kappa shape index (κ2) is 11.4. The number of anilines is 2. The van der Waals surface area contributed by atoms with Gasteiger partial charge in [-0.25, -0.2) is 4.79 Å². The molecule has 3 amide bonds. The van der Waals surface area contributed by atoms with Gasteiger partial charge in [-0.1, -0.05) is 52.4 Å². The maximum Gasteiger partial charge on any atom is 0.416 e. The first kappa shape index (κ1) is 25.6. The molecule has 2 N–H and O–H groups in total. The number of rotatable bonds is 8. The van der Waals surface area contributed by atoms with Crippen molar-refractivity contribution in [2.24, 2.45) is 0 Å². The van der Waals surface area contributed by atoms with Crippen molar-refractivity contribution >= 4 is 50.0 Å². The van der Waals surface area contributed by atoms with Gasteiger partial charge in [0.25, 0.3) is 0 Å². The Morgan fingerprint density at radius 3 is 2.44 bits per heavy atom. The Balaban J connectivity index is 1.55. The first-order chi connectivity index (χ1) is 16.2. The molecule has 0 saturated heterocycles. The molecule has 180 valence electrons. The van der Waals surface area contributed by atoms with E-state index < -0.39 is 11.7 Å². The van der Waals surface area contributed by atoms with E-state index in [1.807, 2.05) is 13.0 Å². The standard InChI is InChI=1S/C22H21BrF3N5O2S/c1-2-11-31(21(33)27-17-5-3-4-16(23)13-17)12-10-18(32)28-20-30-29-19(34-20)14-6-8-15(9-7-14)22(24,25)26/h3-9,13H,2,10-12H2,1H3,(H,27,33)(H,28,30,32). The van der Waals surface area contributed by atoms with Crippen molar-refractivity contribution in [1.82, 2.24) is 15.1 Å². The summed E-state index contributed by atoms with van der Waals surface area (Å²) in [6.07, 6.45) is -3.65. The molecule has 7 nitrogen and oxygen atoms in total. The van der Waals surface area contributed by atoms with Crippen molar-refractivity contribution in [1.29, 1.82) is 0 Å². The van der Waals surface area contributed by atoms with Crippen LogP contribution in [0.25, 0.3) is 10.6 Å². The van der Waals surface area contributed by atoms with Crippen LogP contribution in [0.2, 0.25) is 0 Å². The fraction of sp³-hybridized carbons (Fsp3) is 0.273. The van der Waals surface area contributed by atoms with Crippen molar-refractivity contribution in [2.45, 2.75) is 25.9 Å². The Morgan fingerprint density at radius 1 is 1.06 bits per heavy atom. The molecule has 1 aromatic heterocycles. The maximum absolute atomic E-state index is 12.7. The van der Waals surface area contributed by atoms with Gasteiger partial charge < -0.3 is 15.5 Å². The van der Waals surface area contributed by atoms with Gasteiger partial charge in [-0.3, -0.25) is 4.79 Å². The fourth-order valence-corrected chi connectivity index (χ4v) is 4.13. The molecule has 0 aliphatic rings. The van der Waals surface area contributed by atoms with Crippen LogP contribution in [0.15, 0.2) is 53.0 Å². The van der Waals surface area contributed by atoms with Gasteiger partial charge >= 0.3 is 12.2 Å². The molecule has 0 radical (unpaired) electrons. The van der Waals surface area contributed by atoms with Crippen molar-refractivity contribution in [2.75, 3.05) is 23.7 Å².